The Balaban J connectivity index is 2.57. The Bertz CT molecular complexity index is 370. The molecule has 0 aromatic heterocycles. The van der Waals surface area contributed by atoms with Crippen molar-refractivity contribution in [3.05, 3.63) is 34.6 Å². The van der Waals surface area contributed by atoms with E-state index in [0.717, 1.165) is 0 Å². The Morgan fingerprint density at radius 3 is 3.00 bits per heavy atom. The van der Waals surface area contributed by atoms with Gasteiger partial charge >= 0.3 is 0 Å². The molecule has 0 aliphatic carbocycles. The lowest BCUT2D eigenvalue weighted by molar-refractivity contribution is 0.535. The lowest BCUT2D eigenvalue weighted by atomic mass is 10.2. The molecule has 3 heteroatoms. The molecule has 1 rings (SSSR count). The molecule has 0 aliphatic heterocycles. The molecule has 0 bridgehead atoms. The monoisotopic (exact) mass is 225 g/mol. The van der Waals surface area contributed by atoms with Gasteiger partial charge in [-0.15, -0.1) is 12.3 Å². The van der Waals surface area contributed by atoms with Crippen LogP contribution in [-0.2, 0) is 6.54 Å². The van der Waals surface area contributed by atoms with E-state index in [1.165, 1.54) is 12.1 Å². The van der Waals surface area contributed by atoms with Crippen LogP contribution < -0.4 is 5.32 Å². The van der Waals surface area contributed by atoms with E-state index in [9.17, 15) is 4.39 Å². The number of hydrogen-bond donors (Lipinski definition) is 1. The van der Waals surface area contributed by atoms with Gasteiger partial charge < -0.3 is 5.32 Å². The van der Waals surface area contributed by atoms with Gasteiger partial charge in [-0.3, -0.25) is 0 Å². The number of benzene rings is 1. The third-order valence-corrected chi connectivity index (χ3v) is 2.31. The fourth-order valence-electron chi connectivity index (χ4n) is 1.21. The van der Waals surface area contributed by atoms with Gasteiger partial charge in [0.15, 0.2) is 0 Å². The summed E-state index contributed by atoms with van der Waals surface area (Å²) in [5, 5.41) is 3.67. The van der Waals surface area contributed by atoms with Gasteiger partial charge in [0.1, 0.15) is 5.82 Å². The van der Waals surface area contributed by atoms with E-state index in [4.69, 9.17) is 18.0 Å². The van der Waals surface area contributed by atoms with E-state index < -0.39 is 0 Å². The van der Waals surface area contributed by atoms with Crippen molar-refractivity contribution in [2.24, 2.45) is 0 Å². The molecule has 15 heavy (non-hydrogen) atoms. The maximum atomic E-state index is 13.3. The quantitative estimate of drug-likeness (QED) is 0.777. The van der Waals surface area contributed by atoms with Crippen molar-refractivity contribution in [3.63, 3.8) is 0 Å². The first-order chi connectivity index (χ1) is 7.13. The number of rotatable bonds is 4. The van der Waals surface area contributed by atoms with Crippen LogP contribution in [0.5, 0.6) is 0 Å². The van der Waals surface area contributed by atoms with Crippen molar-refractivity contribution in [1.29, 1.82) is 0 Å². The molecule has 0 heterocycles. The summed E-state index contributed by atoms with van der Waals surface area (Å²) >= 11 is 5.77. The maximum absolute atomic E-state index is 13.3. The van der Waals surface area contributed by atoms with Gasteiger partial charge in [0.2, 0.25) is 0 Å². The van der Waals surface area contributed by atoms with Crippen LogP contribution in [0.3, 0.4) is 0 Å². The van der Waals surface area contributed by atoms with Gasteiger partial charge in [-0.25, -0.2) is 4.39 Å². The van der Waals surface area contributed by atoms with Gasteiger partial charge in [0, 0.05) is 29.6 Å². The zero-order valence-corrected chi connectivity index (χ0v) is 9.31. The first kappa shape index (κ1) is 12.0. The summed E-state index contributed by atoms with van der Waals surface area (Å²) in [7, 11) is 0. The standard InChI is InChI=1S/C12H13ClFN/c1-3-4-9(2)15-8-10-7-11(13)5-6-12(10)14/h1,5-7,9,15H,4,8H2,2H3. The normalized spacial score (nSPS) is 12.1. The topological polar surface area (TPSA) is 12.0 Å². The summed E-state index contributed by atoms with van der Waals surface area (Å²) in [4.78, 5) is 0. The highest BCUT2D eigenvalue weighted by Crippen LogP contribution is 2.14. The van der Waals surface area contributed by atoms with Crippen molar-refractivity contribution in [1.82, 2.24) is 5.32 Å². The van der Waals surface area contributed by atoms with Gasteiger partial charge in [-0.2, -0.15) is 0 Å². The lowest BCUT2D eigenvalue weighted by Gasteiger charge is -2.11. The highest BCUT2D eigenvalue weighted by Gasteiger charge is 2.04. The highest BCUT2D eigenvalue weighted by atomic mass is 35.5. The van der Waals surface area contributed by atoms with Crippen LogP contribution in [0.15, 0.2) is 18.2 Å². The van der Waals surface area contributed by atoms with Crippen molar-refractivity contribution in [2.75, 3.05) is 0 Å². The number of terminal acetylenes is 1. The van der Waals surface area contributed by atoms with Crippen LogP contribution >= 0.6 is 11.6 Å². The molecule has 80 valence electrons. The van der Waals surface area contributed by atoms with Crippen molar-refractivity contribution in [2.45, 2.75) is 25.9 Å². The van der Waals surface area contributed by atoms with Crippen molar-refractivity contribution in [3.8, 4) is 12.3 Å². The highest BCUT2D eigenvalue weighted by molar-refractivity contribution is 6.30. The summed E-state index contributed by atoms with van der Waals surface area (Å²) < 4.78 is 13.3. The van der Waals surface area contributed by atoms with Crippen LogP contribution in [-0.4, -0.2) is 6.04 Å². The van der Waals surface area contributed by atoms with E-state index in [1.807, 2.05) is 6.92 Å². The average molecular weight is 226 g/mol. The van der Waals surface area contributed by atoms with Crippen LogP contribution in [0.2, 0.25) is 5.02 Å². The average Bonchev–Trinajstić information content (AvgIpc) is 2.20. The Labute approximate surface area is 94.6 Å². The van der Waals surface area contributed by atoms with Crippen molar-refractivity contribution < 1.29 is 4.39 Å². The molecule has 0 amide bonds. The molecule has 0 aliphatic rings. The molecule has 0 saturated carbocycles. The van der Waals surface area contributed by atoms with Crippen LogP contribution in [0.1, 0.15) is 18.9 Å². The molecule has 1 nitrogen and oxygen atoms in total. The second-order valence-electron chi connectivity index (χ2n) is 3.43. The van der Waals surface area contributed by atoms with Gasteiger partial charge in [-0.05, 0) is 25.1 Å². The zero-order valence-electron chi connectivity index (χ0n) is 8.56. The van der Waals surface area contributed by atoms with E-state index in [-0.39, 0.29) is 11.9 Å². The Morgan fingerprint density at radius 2 is 2.33 bits per heavy atom. The fourth-order valence-corrected chi connectivity index (χ4v) is 1.41. The minimum Gasteiger partial charge on any atom is -0.309 e. The van der Waals surface area contributed by atoms with Crippen molar-refractivity contribution >= 4 is 11.6 Å². The number of halogens is 2. The summed E-state index contributed by atoms with van der Waals surface area (Å²) in [6.45, 7) is 2.40. The molecule has 1 atom stereocenters. The fraction of sp³-hybridized carbons (Fsp3) is 0.333. The van der Waals surface area contributed by atoms with Gasteiger partial charge in [-0.1, -0.05) is 11.6 Å². The first-order valence-corrected chi connectivity index (χ1v) is 5.12. The van der Waals surface area contributed by atoms with E-state index in [1.54, 1.807) is 6.07 Å². The third-order valence-electron chi connectivity index (χ3n) is 2.07. The second kappa shape index (κ2) is 5.75. The SMILES string of the molecule is C#CCC(C)NCc1cc(Cl)ccc1F. The Hall–Kier alpha value is -1.04. The summed E-state index contributed by atoms with van der Waals surface area (Å²) in [6.07, 6.45) is 5.79. The lowest BCUT2D eigenvalue weighted by Crippen LogP contribution is -2.25. The number of nitrogens with one attached hydrogen (secondary N) is 1. The van der Waals surface area contributed by atoms with E-state index in [0.29, 0.717) is 23.6 Å². The second-order valence-corrected chi connectivity index (χ2v) is 3.86. The summed E-state index contributed by atoms with van der Waals surface area (Å²) in [5.41, 5.74) is 0.561. The molecule has 0 fully saturated rings. The molecular weight excluding hydrogens is 213 g/mol. The molecule has 0 saturated heterocycles. The summed E-state index contributed by atoms with van der Waals surface area (Å²) in [6, 6.07) is 4.69. The minimum atomic E-state index is -0.250. The molecule has 1 unspecified atom stereocenters. The number of hydrogen-bond acceptors (Lipinski definition) is 1. The molecule has 1 aromatic carbocycles. The Kier molecular flexibility index (Phi) is 4.61. The van der Waals surface area contributed by atoms with E-state index in [2.05, 4.69) is 11.2 Å². The first-order valence-electron chi connectivity index (χ1n) is 4.74. The molecule has 1 N–H and O–H groups in total. The van der Waals surface area contributed by atoms with Crippen LogP contribution in [0.4, 0.5) is 4.39 Å². The maximum Gasteiger partial charge on any atom is 0.127 e. The molecule has 0 radical (unpaired) electrons. The van der Waals surface area contributed by atoms with Gasteiger partial charge in [0.25, 0.3) is 0 Å². The van der Waals surface area contributed by atoms with Crippen LogP contribution in [0, 0.1) is 18.2 Å². The third kappa shape index (κ3) is 3.91. The molecule has 0 spiro atoms. The van der Waals surface area contributed by atoms with E-state index >= 15 is 0 Å². The van der Waals surface area contributed by atoms with Gasteiger partial charge in [0.05, 0.1) is 0 Å². The largest absolute Gasteiger partial charge is 0.309 e. The summed E-state index contributed by atoms with van der Waals surface area (Å²) in [5.74, 6) is 2.30. The molecular formula is C12H13ClFN. The smallest absolute Gasteiger partial charge is 0.127 e. The zero-order chi connectivity index (χ0) is 11.3. The molecule has 1 aromatic rings. The minimum absolute atomic E-state index is 0.174. The predicted octanol–water partition coefficient (Wildman–Crippen LogP) is 2.98. The predicted molar refractivity (Wildman–Crippen MR) is 61.2 cm³/mol. The van der Waals surface area contributed by atoms with Crippen LogP contribution in [0.25, 0.3) is 0 Å². The Morgan fingerprint density at radius 1 is 1.60 bits per heavy atom.